The predicted molar refractivity (Wildman–Crippen MR) is 52.8 cm³/mol. The van der Waals surface area contributed by atoms with Gasteiger partial charge in [-0.25, -0.2) is 12.7 Å². The average Bonchev–Trinajstić information content (AvgIpc) is 2.18. The van der Waals surface area contributed by atoms with Gasteiger partial charge in [-0.1, -0.05) is 0 Å². The highest BCUT2D eigenvalue weighted by Gasteiger charge is 2.26. The van der Waals surface area contributed by atoms with Gasteiger partial charge in [0.1, 0.15) is 0 Å². The van der Waals surface area contributed by atoms with Crippen molar-refractivity contribution in [1.29, 1.82) is 5.26 Å². The quantitative estimate of drug-likeness (QED) is 0.691. The normalized spacial score (nSPS) is 20.6. The highest BCUT2D eigenvalue weighted by atomic mass is 32.2. The Labute approximate surface area is 84.5 Å². The Morgan fingerprint density at radius 1 is 1.43 bits per heavy atom. The van der Waals surface area contributed by atoms with E-state index in [9.17, 15) is 8.42 Å². The molecule has 0 radical (unpaired) electrons. The highest BCUT2D eigenvalue weighted by molar-refractivity contribution is 7.89. The number of nitriles is 1. The van der Waals surface area contributed by atoms with Gasteiger partial charge in [0, 0.05) is 13.1 Å². The van der Waals surface area contributed by atoms with Crippen molar-refractivity contribution in [3.63, 3.8) is 0 Å². The Bertz CT molecular complexity index is 312. The third kappa shape index (κ3) is 2.67. The van der Waals surface area contributed by atoms with Crippen LogP contribution in [0.1, 0.15) is 12.8 Å². The average molecular weight is 217 g/mol. The number of hydrogen-bond acceptors (Lipinski definition) is 4. The predicted octanol–water partition coefficient (Wildman–Crippen LogP) is -0.490. The first-order chi connectivity index (χ1) is 6.60. The molecule has 14 heavy (non-hydrogen) atoms. The van der Waals surface area contributed by atoms with E-state index in [1.807, 2.05) is 0 Å². The van der Waals surface area contributed by atoms with Gasteiger partial charge in [0.05, 0.1) is 6.07 Å². The van der Waals surface area contributed by atoms with Crippen LogP contribution < -0.4 is 5.73 Å². The summed E-state index contributed by atoms with van der Waals surface area (Å²) in [5, 5.41) is 8.35. The summed E-state index contributed by atoms with van der Waals surface area (Å²) in [6.45, 7) is 1.63. The first-order valence-corrected chi connectivity index (χ1v) is 6.26. The highest BCUT2D eigenvalue weighted by Crippen LogP contribution is 2.18. The van der Waals surface area contributed by atoms with Crippen LogP contribution in [-0.2, 0) is 10.0 Å². The molecule has 0 atom stereocenters. The van der Waals surface area contributed by atoms with E-state index in [1.165, 1.54) is 4.31 Å². The van der Waals surface area contributed by atoms with Crippen molar-refractivity contribution in [2.75, 3.05) is 25.4 Å². The summed E-state index contributed by atoms with van der Waals surface area (Å²) in [4.78, 5) is 0. The van der Waals surface area contributed by atoms with Gasteiger partial charge in [0.15, 0.2) is 5.75 Å². The van der Waals surface area contributed by atoms with E-state index in [-0.39, 0.29) is 0 Å². The van der Waals surface area contributed by atoms with Crippen LogP contribution in [-0.4, -0.2) is 38.1 Å². The van der Waals surface area contributed by atoms with Crippen LogP contribution >= 0.6 is 0 Å². The molecular formula is C8H15N3O2S. The summed E-state index contributed by atoms with van der Waals surface area (Å²) in [5.74, 6) is 0.0175. The van der Waals surface area contributed by atoms with Crippen LogP contribution in [0.4, 0.5) is 0 Å². The van der Waals surface area contributed by atoms with Gasteiger partial charge in [0.2, 0.25) is 10.0 Å². The lowest BCUT2D eigenvalue weighted by Gasteiger charge is -2.29. The fourth-order valence-electron chi connectivity index (χ4n) is 1.60. The number of rotatable bonds is 3. The lowest BCUT2D eigenvalue weighted by atomic mass is 9.99. The molecule has 2 N–H and O–H groups in total. The van der Waals surface area contributed by atoms with Gasteiger partial charge in [-0.3, -0.25) is 0 Å². The third-order valence-electron chi connectivity index (χ3n) is 2.55. The van der Waals surface area contributed by atoms with Crippen molar-refractivity contribution < 1.29 is 8.42 Å². The topological polar surface area (TPSA) is 87.2 Å². The lowest BCUT2D eigenvalue weighted by molar-refractivity contribution is 0.279. The molecule has 0 bridgehead atoms. The van der Waals surface area contributed by atoms with Gasteiger partial charge in [-0.05, 0) is 25.3 Å². The second-order valence-corrected chi connectivity index (χ2v) is 5.46. The van der Waals surface area contributed by atoms with Gasteiger partial charge in [-0.2, -0.15) is 5.26 Å². The first kappa shape index (κ1) is 11.4. The number of piperidine rings is 1. The lowest BCUT2D eigenvalue weighted by Crippen LogP contribution is -2.40. The smallest absolute Gasteiger partial charge is 0.227 e. The van der Waals surface area contributed by atoms with Crippen molar-refractivity contribution >= 4 is 10.0 Å². The van der Waals surface area contributed by atoms with Crippen molar-refractivity contribution in [3.8, 4) is 6.07 Å². The summed E-state index contributed by atoms with van der Waals surface area (Å²) >= 11 is 0. The van der Waals surface area contributed by atoms with E-state index in [0.717, 1.165) is 12.8 Å². The minimum Gasteiger partial charge on any atom is -0.330 e. The minimum atomic E-state index is -3.33. The molecule has 0 saturated carbocycles. The molecule has 80 valence electrons. The summed E-state index contributed by atoms with van der Waals surface area (Å²) in [5.41, 5.74) is 5.50. The molecule has 1 heterocycles. The molecular weight excluding hydrogens is 202 g/mol. The fourth-order valence-corrected chi connectivity index (χ4v) is 2.71. The van der Waals surface area contributed by atoms with E-state index in [1.54, 1.807) is 6.07 Å². The van der Waals surface area contributed by atoms with E-state index < -0.39 is 15.8 Å². The third-order valence-corrected chi connectivity index (χ3v) is 4.19. The van der Waals surface area contributed by atoms with Crippen molar-refractivity contribution in [2.45, 2.75) is 12.8 Å². The molecule has 0 aromatic rings. The van der Waals surface area contributed by atoms with Gasteiger partial charge >= 0.3 is 0 Å². The number of nitrogens with two attached hydrogens (primary N) is 1. The molecule has 5 nitrogen and oxygen atoms in total. The second-order valence-electron chi connectivity index (χ2n) is 3.49. The summed E-state index contributed by atoms with van der Waals surface area (Å²) in [6.07, 6.45) is 1.61. The van der Waals surface area contributed by atoms with Crippen LogP contribution in [0, 0.1) is 17.2 Å². The second kappa shape index (κ2) is 4.73. The maximum atomic E-state index is 11.5. The first-order valence-electron chi connectivity index (χ1n) is 4.65. The van der Waals surface area contributed by atoms with Crippen LogP contribution in [0.2, 0.25) is 0 Å². The Hall–Kier alpha value is -0.640. The summed E-state index contributed by atoms with van der Waals surface area (Å²) in [6, 6.07) is 1.68. The zero-order valence-corrected chi connectivity index (χ0v) is 8.83. The van der Waals surface area contributed by atoms with Crippen LogP contribution in [0.5, 0.6) is 0 Å². The SMILES string of the molecule is N#CCS(=O)(=O)N1CCC(CN)CC1. The molecule has 6 heteroatoms. The van der Waals surface area contributed by atoms with Crippen molar-refractivity contribution in [2.24, 2.45) is 11.7 Å². The van der Waals surface area contributed by atoms with Crippen LogP contribution in [0.3, 0.4) is 0 Å². The molecule has 1 fully saturated rings. The number of sulfonamides is 1. The molecule has 0 spiro atoms. The molecule has 1 saturated heterocycles. The maximum Gasteiger partial charge on any atom is 0.227 e. The Morgan fingerprint density at radius 2 is 2.00 bits per heavy atom. The molecule has 0 unspecified atom stereocenters. The van der Waals surface area contributed by atoms with Gasteiger partial charge < -0.3 is 5.73 Å². The van der Waals surface area contributed by atoms with E-state index in [2.05, 4.69) is 0 Å². The largest absolute Gasteiger partial charge is 0.330 e. The molecule has 0 aliphatic carbocycles. The van der Waals surface area contributed by atoms with Crippen molar-refractivity contribution in [3.05, 3.63) is 0 Å². The molecule has 0 amide bonds. The Balaban J connectivity index is 2.54. The van der Waals surface area contributed by atoms with Crippen molar-refractivity contribution in [1.82, 2.24) is 4.31 Å². The number of hydrogen-bond donors (Lipinski definition) is 1. The Kier molecular flexibility index (Phi) is 3.86. The van der Waals surface area contributed by atoms with Gasteiger partial charge in [-0.15, -0.1) is 0 Å². The van der Waals surface area contributed by atoms with E-state index in [4.69, 9.17) is 11.0 Å². The minimum absolute atomic E-state index is 0.416. The monoisotopic (exact) mass is 217 g/mol. The molecule has 1 rings (SSSR count). The van der Waals surface area contributed by atoms with Crippen LogP contribution in [0.25, 0.3) is 0 Å². The maximum absolute atomic E-state index is 11.5. The zero-order valence-electron chi connectivity index (χ0n) is 8.02. The molecule has 1 aliphatic heterocycles. The summed E-state index contributed by atoms with van der Waals surface area (Å²) < 4.78 is 24.3. The van der Waals surface area contributed by atoms with E-state index in [0.29, 0.717) is 25.6 Å². The van der Waals surface area contributed by atoms with Gasteiger partial charge in [0.25, 0.3) is 0 Å². The summed E-state index contributed by atoms with van der Waals surface area (Å²) in [7, 11) is -3.33. The zero-order chi connectivity index (χ0) is 10.6. The van der Waals surface area contributed by atoms with Crippen LogP contribution in [0.15, 0.2) is 0 Å². The Morgan fingerprint density at radius 3 is 2.43 bits per heavy atom. The molecule has 0 aromatic heterocycles. The fraction of sp³-hybridized carbons (Fsp3) is 0.875. The van der Waals surface area contributed by atoms with E-state index >= 15 is 0 Å². The molecule has 0 aromatic carbocycles. The standard InChI is InChI=1S/C8H15N3O2S/c9-3-6-14(12,13)11-4-1-8(7-10)2-5-11/h8H,1-2,4-7,10H2. The number of nitrogens with zero attached hydrogens (tertiary/aromatic N) is 2. The molecule has 1 aliphatic rings.